The molecule has 0 bridgehead atoms. The normalized spacial score (nSPS) is 12.5. The molecule has 0 aliphatic rings. The molecule has 1 atom stereocenters. The zero-order valence-corrected chi connectivity index (χ0v) is 10.4. The van der Waals surface area contributed by atoms with Gasteiger partial charge < -0.3 is 10.1 Å². The fourth-order valence-corrected chi connectivity index (χ4v) is 1.58. The summed E-state index contributed by atoms with van der Waals surface area (Å²) >= 11 is 5.66. The summed E-state index contributed by atoms with van der Waals surface area (Å²) in [6.45, 7) is 2.86. The first kappa shape index (κ1) is 13.3. The van der Waals surface area contributed by atoms with Crippen molar-refractivity contribution in [2.75, 3.05) is 13.6 Å². The minimum atomic E-state index is -0.482. The van der Waals surface area contributed by atoms with Crippen LogP contribution in [0, 0.1) is 5.82 Å². The van der Waals surface area contributed by atoms with Crippen LogP contribution in [-0.2, 0) is 0 Å². The summed E-state index contributed by atoms with van der Waals surface area (Å²) in [6, 6.07) is 4.78. The highest BCUT2D eigenvalue weighted by Crippen LogP contribution is 2.25. The molecule has 90 valence electrons. The summed E-state index contributed by atoms with van der Waals surface area (Å²) < 4.78 is 19.0. The first-order valence-corrected chi connectivity index (χ1v) is 5.78. The van der Waals surface area contributed by atoms with Crippen molar-refractivity contribution in [3.05, 3.63) is 29.0 Å². The maximum absolute atomic E-state index is 13.5. The standard InChI is InChI=1S/C12H17ClFNO/c1-9(5-4-8-15-2)16-11-7-3-6-10(13)12(11)14/h3,6-7,9,15H,4-5,8H2,1-2H3. The first-order valence-electron chi connectivity index (χ1n) is 5.40. The van der Waals surface area contributed by atoms with Crippen molar-refractivity contribution in [3.63, 3.8) is 0 Å². The lowest BCUT2D eigenvalue weighted by molar-refractivity contribution is 0.199. The van der Waals surface area contributed by atoms with Gasteiger partial charge in [0.25, 0.3) is 0 Å². The molecular weight excluding hydrogens is 229 g/mol. The van der Waals surface area contributed by atoms with Gasteiger partial charge in [0.05, 0.1) is 11.1 Å². The number of rotatable bonds is 6. The van der Waals surface area contributed by atoms with Gasteiger partial charge in [-0.2, -0.15) is 0 Å². The Kier molecular flexibility index (Phi) is 5.56. The van der Waals surface area contributed by atoms with Gasteiger partial charge in [-0.3, -0.25) is 0 Å². The van der Waals surface area contributed by atoms with Crippen LogP contribution < -0.4 is 10.1 Å². The van der Waals surface area contributed by atoms with Crippen molar-refractivity contribution in [1.29, 1.82) is 0 Å². The smallest absolute Gasteiger partial charge is 0.183 e. The second-order valence-corrected chi connectivity index (χ2v) is 4.13. The first-order chi connectivity index (χ1) is 7.65. The van der Waals surface area contributed by atoms with Crippen molar-refractivity contribution in [2.24, 2.45) is 0 Å². The van der Waals surface area contributed by atoms with E-state index < -0.39 is 5.82 Å². The Bertz CT molecular complexity index is 333. The molecule has 1 unspecified atom stereocenters. The van der Waals surface area contributed by atoms with E-state index in [1.165, 1.54) is 6.07 Å². The SMILES string of the molecule is CNCCCC(C)Oc1cccc(Cl)c1F. The molecule has 4 heteroatoms. The van der Waals surface area contributed by atoms with E-state index in [0.29, 0.717) is 0 Å². The number of nitrogens with one attached hydrogen (secondary N) is 1. The van der Waals surface area contributed by atoms with Crippen LogP contribution in [0.1, 0.15) is 19.8 Å². The molecule has 1 aromatic carbocycles. The van der Waals surface area contributed by atoms with Crippen molar-refractivity contribution < 1.29 is 9.13 Å². The monoisotopic (exact) mass is 245 g/mol. The van der Waals surface area contributed by atoms with Crippen LogP contribution in [0.4, 0.5) is 4.39 Å². The van der Waals surface area contributed by atoms with Gasteiger partial charge in [-0.1, -0.05) is 17.7 Å². The van der Waals surface area contributed by atoms with Crippen LogP contribution in [0.15, 0.2) is 18.2 Å². The highest BCUT2D eigenvalue weighted by molar-refractivity contribution is 6.30. The lowest BCUT2D eigenvalue weighted by atomic mass is 10.2. The summed E-state index contributed by atoms with van der Waals surface area (Å²) in [7, 11) is 1.90. The fourth-order valence-electron chi connectivity index (χ4n) is 1.42. The van der Waals surface area contributed by atoms with Crippen molar-refractivity contribution in [3.8, 4) is 5.75 Å². The third kappa shape index (κ3) is 3.99. The summed E-state index contributed by atoms with van der Waals surface area (Å²) in [5.41, 5.74) is 0. The molecule has 1 rings (SSSR count). The molecular formula is C12H17ClFNO. The molecule has 1 aromatic rings. The van der Waals surface area contributed by atoms with Crippen LogP contribution >= 0.6 is 11.6 Å². The molecule has 0 saturated carbocycles. The van der Waals surface area contributed by atoms with Crippen molar-refractivity contribution >= 4 is 11.6 Å². The zero-order valence-electron chi connectivity index (χ0n) is 9.59. The zero-order chi connectivity index (χ0) is 12.0. The highest BCUT2D eigenvalue weighted by Gasteiger charge is 2.10. The van der Waals surface area contributed by atoms with E-state index in [1.807, 2.05) is 14.0 Å². The van der Waals surface area contributed by atoms with Gasteiger partial charge in [0, 0.05) is 0 Å². The number of halogens is 2. The summed E-state index contributed by atoms with van der Waals surface area (Å²) in [4.78, 5) is 0. The second-order valence-electron chi connectivity index (χ2n) is 3.73. The lowest BCUT2D eigenvalue weighted by Crippen LogP contribution is -2.16. The van der Waals surface area contributed by atoms with Crippen LogP contribution in [0.3, 0.4) is 0 Å². The third-order valence-corrected chi connectivity index (χ3v) is 2.57. The number of hydrogen-bond donors (Lipinski definition) is 1. The molecule has 0 heterocycles. The average Bonchev–Trinajstić information content (AvgIpc) is 2.25. The average molecular weight is 246 g/mol. The maximum Gasteiger partial charge on any atom is 0.183 e. The molecule has 0 aliphatic carbocycles. The van der Waals surface area contributed by atoms with E-state index in [1.54, 1.807) is 12.1 Å². The van der Waals surface area contributed by atoms with Crippen LogP contribution in [0.25, 0.3) is 0 Å². The Morgan fingerprint density at radius 3 is 2.94 bits per heavy atom. The molecule has 2 nitrogen and oxygen atoms in total. The van der Waals surface area contributed by atoms with Crippen molar-refractivity contribution in [2.45, 2.75) is 25.9 Å². The van der Waals surface area contributed by atoms with E-state index in [-0.39, 0.29) is 16.9 Å². The van der Waals surface area contributed by atoms with E-state index in [9.17, 15) is 4.39 Å². The number of hydrogen-bond acceptors (Lipinski definition) is 2. The van der Waals surface area contributed by atoms with E-state index in [2.05, 4.69) is 5.32 Å². The minimum Gasteiger partial charge on any atom is -0.488 e. The molecule has 0 amide bonds. The summed E-state index contributed by atoms with van der Waals surface area (Å²) in [5.74, 6) is -0.255. The molecule has 0 aromatic heterocycles. The molecule has 16 heavy (non-hydrogen) atoms. The van der Waals surface area contributed by atoms with Gasteiger partial charge in [-0.15, -0.1) is 0 Å². The van der Waals surface area contributed by atoms with Crippen LogP contribution in [0.5, 0.6) is 5.75 Å². The molecule has 0 saturated heterocycles. The van der Waals surface area contributed by atoms with Gasteiger partial charge in [-0.05, 0) is 45.5 Å². The number of benzene rings is 1. The highest BCUT2D eigenvalue weighted by atomic mass is 35.5. The van der Waals surface area contributed by atoms with E-state index in [4.69, 9.17) is 16.3 Å². The topological polar surface area (TPSA) is 21.3 Å². The van der Waals surface area contributed by atoms with Gasteiger partial charge in [0.15, 0.2) is 11.6 Å². The number of ether oxygens (including phenoxy) is 1. The van der Waals surface area contributed by atoms with E-state index >= 15 is 0 Å². The third-order valence-electron chi connectivity index (χ3n) is 2.28. The summed E-state index contributed by atoms with van der Waals surface area (Å²) in [6.07, 6.45) is 1.87. The molecule has 0 spiro atoms. The largest absolute Gasteiger partial charge is 0.488 e. The van der Waals surface area contributed by atoms with Gasteiger partial charge in [0.1, 0.15) is 0 Å². The van der Waals surface area contributed by atoms with Crippen LogP contribution in [-0.4, -0.2) is 19.7 Å². The Balaban J connectivity index is 2.49. The van der Waals surface area contributed by atoms with Gasteiger partial charge in [0.2, 0.25) is 0 Å². The van der Waals surface area contributed by atoms with Crippen molar-refractivity contribution in [1.82, 2.24) is 5.32 Å². The summed E-state index contributed by atoms with van der Waals surface area (Å²) in [5, 5.41) is 3.15. The second kappa shape index (κ2) is 6.71. The fraction of sp³-hybridized carbons (Fsp3) is 0.500. The minimum absolute atomic E-state index is 0.0127. The quantitative estimate of drug-likeness (QED) is 0.777. The predicted molar refractivity (Wildman–Crippen MR) is 64.7 cm³/mol. The predicted octanol–water partition coefficient (Wildman–Crippen LogP) is 3.25. The maximum atomic E-state index is 13.5. The van der Waals surface area contributed by atoms with Gasteiger partial charge in [-0.25, -0.2) is 4.39 Å². The molecule has 0 fully saturated rings. The molecule has 1 N–H and O–H groups in total. The van der Waals surface area contributed by atoms with E-state index in [0.717, 1.165) is 19.4 Å². The molecule has 0 aliphatic heterocycles. The Morgan fingerprint density at radius 1 is 1.50 bits per heavy atom. The Labute approximate surface area is 101 Å². The lowest BCUT2D eigenvalue weighted by Gasteiger charge is -2.15. The Hall–Kier alpha value is -0.800. The molecule has 0 radical (unpaired) electrons. The Morgan fingerprint density at radius 2 is 2.25 bits per heavy atom. The van der Waals surface area contributed by atoms with Crippen LogP contribution in [0.2, 0.25) is 5.02 Å². The van der Waals surface area contributed by atoms with Gasteiger partial charge >= 0.3 is 0 Å².